The molecule has 0 aromatic carbocycles. The third kappa shape index (κ3) is 67.9. The van der Waals surface area contributed by atoms with Crippen LogP contribution in [0, 0.1) is 136 Å². The Balaban J connectivity index is -0.000000142. The minimum Gasteiger partial charge on any atom is -0.244 e. The van der Waals surface area contributed by atoms with Crippen LogP contribution < -0.4 is 0 Å². The lowest BCUT2D eigenvalue weighted by Gasteiger charge is -2.45. The first-order valence-corrected chi connectivity index (χ1v) is 49.8. The van der Waals surface area contributed by atoms with Crippen molar-refractivity contribution in [2.45, 2.75) is 577 Å². The summed E-state index contributed by atoms with van der Waals surface area (Å²) in [5.74, 6) is 3.81. The minimum absolute atomic E-state index is 0.0478. The van der Waals surface area contributed by atoms with Gasteiger partial charge in [-0.15, -0.1) is 0 Å². The predicted octanol–water partition coefficient (Wildman–Crippen LogP) is 43.3. The maximum absolute atomic E-state index is 15.4. The molecule has 0 saturated heterocycles. The summed E-state index contributed by atoms with van der Waals surface area (Å²) < 4.78 is 166. The summed E-state index contributed by atoms with van der Waals surface area (Å²) >= 11 is 0. The van der Waals surface area contributed by atoms with E-state index in [-0.39, 0.29) is 54.8 Å². The van der Waals surface area contributed by atoms with E-state index >= 15 is 4.39 Å². The van der Waals surface area contributed by atoms with Gasteiger partial charge in [0.2, 0.25) is 0 Å². The number of halogens is 13. The maximum Gasteiger partial charge on any atom is 0.394 e. The average molecular weight is 1800 g/mol. The highest BCUT2D eigenvalue weighted by molar-refractivity contribution is 4.96. The highest BCUT2D eigenvalue weighted by Gasteiger charge is 2.55. The molecule has 1 unspecified atom stereocenters. The van der Waals surface area contributed by atoms with Gasteiger partial charge >= 0.3 is 18.5 Å². The highest BCUT2D eigenvalue weighted by atomic mass is 19.4. The summed E-state index contributed by atoms with van der Waals surface area (Å²) in [5, 5.41) is 0. The Labute approximate surface area is 766 Å². The van der Waals surface area contributed by atoms with Gasteiger partial charge in [0.25, 0.3) is 0 Å². The molecule has 0 aromatic rings. The molecule has 0 radical (unpaired) electrons. The van der Waals surface area contributed by atoms with Crippen molar-refractivity contribution in [2.24, 2.45) is 136 Å². The van der Waals surface area contributed by atoms with Crippen molar-refractivity contribution in [3.63, 3.8) is 0 Å². The first kappa shape index (κ1) is 142. The molecule has 3 saturated carbocycles. The van der Waals surface area contributed by atoms with E-state index in [2.05, 4.69) is 270 Å². The standard InChI is InChI=1S/C16H33F.C11H21F3.C10H22.C9H17F.C9H20.2C8H15F3.C8H18.C7H13F.C7H16.C6H11F.C6H14.C5H12/c1-10(2)14(11(3)4)16(9,17)15(12(5)6)13(7)8;1-7(2)9(8(3)4)10(5,6)11(12,13)14;1-7-10(6,8-2)9(3,4)5;1-8(2)4-6-9(3,10)7-5-8;1-6-8(7-2)9(3,4)5;1-5-7(4,6(2)3)8(9,10)11;1-4-6-7(3,5-2)8(9,10)11;1-6-7(2)8(3,4)5;1-7(8)5-3-2-4-6-7;1-6(2)7(3,4)5;1-6(7)4-2-3-5-6;1-5-6(2,3)4;1-5(2,3)4/h10-15H,1-9H3;7-9H,1-6H3;7-8H2,1-6H3;4-7H2,1-3H3;8H,6-7H2,1-5H3;6H,5H2,1-4H3;4-6H2,1-3H3;7H,6H2,1-5H3;2-6H2,1H3;6H,1-5H3;2-5H2,1H3;5H2,1-4H3;1-4H3/t;;;;;2*7-;;;;;;/m.....00....../s1. The molecule has 0 N–H and O–H groups in total. The molecule has 0 aromatic heterocycles. The van der Waals surface area contributed by atoms with E-state index in [4.69, 9.17) is 0 Å². The molecule has 0 amide bonds. The Morgan fingerprint density at radius 2 is 0.545 bits per heavy atom. The van der Waals surface area contributed by atoms with Crippen LogP contribution in [0.4, 0.5) is 57.1 Å². The lowest BCUT2D eigenvalue weighted by Crippen LogP contribution is -2.47. The molecule has 0 nitrogen and oxygen atoms in total. The van der Waals surface area contributed by atoms with Crippen LogP contribution in [-0.2, 0) is 0 Å². The molecule has 3 aliphatic rings. The first-order chi connectivity index (χ1) is 53.9. The van der Waals surface area contributed by atoms with E-state index in [9.17, 15) is 52.7 Å². The summed E-state index contributed by atoms with van der Waals surface area (Å²) in [5.41, 5.74) is -4.23. The van der Waals surface area contributed by atoms with Gasteiger partial charge in [-0.2, -0.15) is 39.5 Å². The van der Waals surface area contributed by atoms with Gasteiger partial charge in [-0.25, -0.2) is 17.6 Å². The van der Waals surface area contributed by atoms with Gasteiger partial charge < -0.3 is 0 Å². The monoisotopic (exact) mass is 1800 g/mol. The van der Waals surface area contributed by atoms with Crippen molar-refractivity contribution in [2.75, 3.05) is 0 Å². The molecule has 13 heteroatoms. The summed E-state index contributed by atoms with van der Waals surface area (Å²) in [4.78, 5) is 0. The van der Waals surface area contributed by atoms with Crippen LogP contribution in [0.5, 0.6) is 0 Å². The second-order valence-corrected chi connectivity index (χ2v) is 50.7. The van der Waals surface area contributed by atoms with E-state index in [0.717, 1.165) is 94.8 Å². The molecule has 758 valence electrons. The number of hydrogen-bond donors (Lipinski definition) is 0. The summed E-state index contributed by atoms with van der Waals surface area (Å²) in [6, 6.07) is 0. The highest BCUT2D eigenvalue weighted by Crippen LogP contribution is 2.52. The molecular weight excluding hydrogens is 1570 g/mol. The average Bonchev–Trinajstić information content (AvgIpc) is 0.824. The van der Waals surface area contributed by atoms with Gasteiger partial charge in [0.15, 0.2) is 0 Å². The van der Waals surface area contributed by atoms with Crippen molar-refractivity contribution in [1.29, 1.82) is 0 Å². The van der Waals surface area contributed by atoms with Crippen LogP contribution in [0.25, 0.3) is 0 Å². The fourth-order valence-corrected chi connectivity index (χ4v) is 16.3. The molecule has 0 bridgehead atoms. The smallest absolute Gasteiger partial charge is 0.244 e. The Morgan fingerprint density at radius 1 is 0.285 bits per heavy atom. The van der Waals surface area contributed by atoms with Crippen molar-refractivity contribution in [3.8, 4) is 0 Å². The van der Waals surface area contributed by atoms with Crippen LogP contribution in [0.3, 0.4) is 0 Å². The fraction of sp³-hybridized carbons (Fsp3) is 1.00. The van der Waals surface area contributed by atoms with E-state index in [1.54, 1.807) is 55.4 Å². The largest absolute Gasteiger partial charge is 0.394 e. The molecular formula is C110H227F13. The zero-order valence-corrected chi connectivity index (χ0v) is 93.7. The molecule has 0 heterocycles. The topological polar surface area (TPSA) is 0 Å². The fourth-order valence-electron chi connectivity index (χ4n) is 16.3. The normalized spacial score (nSPS) is 17.6. The summed E-state index contributed by atoms with van der Waals surface area (Å²) in [6.07, 6.45) is 8.99. The minimum atomic E-state index is -4.12. The zero-order valence-electron chi connectivity index (χ0n) is 93.7. The van der Waals surface area contributed by atoms with Gasteiger partial charge in [0, 0.05) is 0 Å². The molecule has 0 aliphatic heterocycles. The van der Waals surface area contributed by atoms with Crippen LogP contribution in [0.15, 0.2) is 0 Å². The zero-order chi connectivity index (χ0) is 102. The molecule has 3 aliphatic carbocycles. The predicted molar refractivity (Wildman–Crippen MR) is 530 cm³/mol. The first-order valence-electron chi connectivity index (χ1n) is 49.8. The molecule has 3 fully saturated rings. The van der Waals surface area contributed by atoms with Crippen LogP contribution in [0.1, 0.15) is 535 Å². The van der Waals surface area contributed by atoms with E-state index in [1.807, 2.05) is 34.6 Å². The van der Waals surface area contributed by atoms with Crippen molar-refractivity contribution in [1.82, 2.24) is 0 Å². The van der Waals surface area contributed by atoms with E-state index < -0.39 is 57.4 Å². The van der Waals surface area contributed by atoms with Gasteiger partial charge in [-0.3, -0.25) is 0 Å². The summed E-state index contributed by atoms with van der Waals surface area (Å²) in [6.45, 7) is 115. The van der Waals surface area contributed by atoms with Gasteiger partial charge in [0.1, 0.15) is 22.7 Å². The molecule has 3 atom stereocenters. The molecule has 3 rings (SSSR count). The number of alkyl halides is 13. The summed E-state index contributed by atoms with van der Waals surface area (Å²) in [7, 11) is 0. The van der Waals surface area contributed by atoms with Crippen LogP contribution in [-0.4, -0.2) is 41.2 Å². The Hall–Kier alpha value is -0.910. The van der Waals surface area contributed by atoms with Crippen molar-refractivity contribution in [3.05, 3.63) is 0 Å². The maximum atomic E-state index is 15.4. The van der Waals surface area contributed by atoms with Crippen molar-refractivity contribution < 1.29 is 57.1 Å². The van der Waals surface area contributed by atoms with Crippen LogP contribution in [0.2, 0.25) is 0 Å². The molecule has 123 heavy (non-hydrogen) atoms. The Bertz CT molecular complexity index is 2340. The van der Waals surface area contributed by atoms with Gasteiger partial charge in [-0.05, 0) is 219 Å². The Morgan fingerprint density at radius 3 is 0.626 bits per heavy atom. The van der Waals surface area contributed by atoms with Gasteiger partial charge in [0.05, 0.1) is 16.2 Å². The number of rotatable bonds is 19. The number of hydrogen-bond acceptors (Lipinski definition) is 0. The van der Waals surface area contributed by atoms with Gasteiger partial charge in [-0.1, -0.05) is 437 Å². The van der Waals surface area contributed by atoms with Crippen LogP contribution >= 0.6 is 0 Å². The lowest BCUT2D eigenvalue weighted by atomic mass is 9.63. The van der Waals surface area contributed by atoms with Crippen molar-refractivity contribution >= 4 is 0 Å². The second-order valence-electron chi connectivity index (χ2n) is 50.7. The Kier molecular flexibility index (Phi) is 70.8. The third-order valence-corrected chi connectivity index (χ3v) is 28.8. The van der Waals surface area contributed by atoms with E-state index in [0.29, 0.717) is 73.4 Å². The lowest BCUT2D eigenvalue weighted by molar-refractivity contribution is -0.239. The SMILES string of the molecule is CC(C)(C)C.CC(C)C(C(C)C)C(C)(C)C(F)(F)F.CC(C)C(C(C)C)C(C)(F)C(C(C)C)C(C)C.CC(C)C(C)(C)C.CC1(C)CCC(C)(F)CC1.CC1(F)CCCC1.CC1(F)CCCCC1.CCC(C)(C)C.CCC(C)(CC)C(C)(C)C.CCC(C)C(C)(C)C.CCC(CC)C(C)(C)C.CCC[C@](C)(CC)C(F)(F)F.CC[C@@](C)(C(C)C)C(F)(F)F. The quantitative estimate of drug-likeness (QED) is 0.113. The molecule has 0 spiro atoms. The third-order valence-electron chi connectivity index (χ3n) is 28.8. The van der Waals surface area contributed by atoms with E-state index in [1.165, 1.54) is 72.6 Å². The second kappa shape index (κ2) is 61.1.